The van der Waals surface area contributed by atoms with Crippen molar-refractivity contribution in [1.82, 2.24) is 0 Å². The minimum atomic E-state index is 0.405. The number of halogens is 4. The molecule has 0 amide bonds. The molecule has 3 rings (SSSR count). The van der Waals surface area contributed by atoms with Gasteiger partial charge in [0.15, 0.2) is 0 Å². The Bertz CT molecular complexity index is 844. The first-order chi connectivity index (χ1) is 12.5. The molecule has 0 atom stereocenters. The summed E-state index contributed by atoms with van der Waals surface area (Å²) in [4.78, 5) is 0. The molecule has 0 N–H and O–H groups in total. The van der Waals surface area contributed by atoms with E-state index in [-0.39, 0.29) is 0 Å². The standard InChI is InChI=1S/C11H10Cl2O.C9H6Cl2O/c1-3-5-14-11-8(4-2)6-9(12)7-10(11)13;10-7-4-6-2-1-3-12-9(6)8(11)5-7/h3-4,6-7H,1-2,5H2;1-2,4-5H,3H2. The third-order valence-electron chi connectivity index (χ3n) is 3.26. The number of fused-ring (bicyclic) bond motifs is 1. The van der Waals surface area contributed by atoms with Gasteiger partial charge in [0.1, 0.15) is 24.7 Å². The van der Waals surface area contributed by atoms with E-state index in [0.717, 1.165) is 16.9 Å². The molecule has 0 spiro atoms. The van der Waals surface area contributed by atoms with Crippen LogP contribution in [0.3, 0.4) is 0 Å². The van der Waals surface area contributed by atoms with Crippen molar-refractivity contribution in [2.24, 2.45) is 0 Å². The lowest BCUT2D eigenvalue weighted by molar-refractivity contribution is 0.359. The zero-order valence-electron chi connectivity index (χ0n) is 13.8. The molecule has 0 fully saturated rings. The molecule has 0 aliphatic carbocycles. The smallest absolute Gasteiger partial charge is 0.145 e. The van der Waals surface area contributed by atoms with Crippen LogP contribution < -0.4 is 9.47 Å². The van der Waals surface area contributed by atoms with Crippen molar-refractivity contribution < 1.29 is 9.47 Å². The number of ether oxygens (including phenoxy) is 2. The minimum absolute atomic E-state index is 0.405. The second kappa shape index (κ2) is 9.94. The van der Waals surface area contributed by atoms with Crippen LogP contribution in [0.2, 0.25) is 20.1 Å². The highest BCUT2D eigenvalue weighted by molar-refractivity contribution is 6.36. The van der Waals surface area contributed by atoms with Gasteiger partial charge in [0.2, 0.25) is 0 Å². The highest BCUT2D eigenvalue weighted by Gasteiger charge is 2.10. The van der Waals surface area contributed by atoms with Gasteiger partial charge in [-0.3, -0.25) is 0 Å². The summed E-state index contributed by atoms with van der Waals surface area (Å²) < 4.78 is 10.7. The van der Waals surface area contributed by atoms with E-state index in [2.05, 4.69) is 13.2 Å². The Morgan fingerprint density at radius 2 is 1.69 bits per heavy atom. The number of rotatable bonds is 4. The highest BCUT2D eigenvalue weighted by Crippen LogP contribution is 2.35. The predicted octanol–water partition coefficient (Wildman–Crippen LogP) is 7.60. The van der Waals surface area contributed by atoms with E-state index in [4.69, 9.17) is 55.9 Å². The van der Waals surface area contributed by atoms with Crippen LogP contribution in [0.25, 0.3) is 12.2 Å². The zero-order valence-corrected chi connectivity index (χ0v) is 16.8. The first-order valence-corrected chi connectivity index (χ1v) is 9.11. The fourth-order valence-electron chi connectivity index (χ4n) is 2.19. The highest BCUT2D eigenvalue weighted by atomic mass is 35.5. The molecule has 2 aromatic carbocycles. The maximum Gasteiger partial charge on any atom is 0.145 e. The van der Waals surface area contributed by atoms with Crippen molar-refractivity contribution in [2.75, 3.05) is 13.2 Å². The van der Waals surface area contributed by atoms with Crippen molar-refractivity contribution >= 4 is 58.6 Å². The van der Waals surface area contributed by atoms with Crippen molar-refractivity contribution in [3.05, 3.63) is 80.8 Å². The zero-order chi connectivity index (χ0) is 19.1. The molecule has 0 radical (unpaired) electrons. The lowest BCUT2D eigenvalue weighted by atomic mass is 10.1. The van der Waals surface area contributed by atoms with Gasteiger partial charge in [-0.1, -0.05) is 77.8 Å². The monoisotopic (exact) mass is 428 g/mol. The maximum atomic E-state index is 5.96. The lowest BCUT2D eigenvalue weighted by Crippen LogP contribution is -2.00. The molecular formula is C20H16Cl4O2. The number of hydrogen-bond acceptors (Lipinski definition) is 2. The van der Waals surface area contributed by atoms with Crippen molar-refractivity contribution in [3.8, 4) is 11.5 Å². The van der Waals surface area contributed by atoms with E-state index in [9.17, 15) is 0 Å². The Labute approximate surface area is 173 Å². The molecular weight excluding hydrogens is 414 g/mol. The van der Waals surface area contributed by atoms with Crippen LogP contribution in [0.4, 0.5) is 0 Å². The molecule has 2 aromatic rings. The summed E-state index contributed by atoms with van der Waals surface area (Å²) in [5, 5.41) is 2.25. The number of benzene rings is 2. The van der Waals surface area contributed by atoms with Gasteiger partial charge in [-0.2, -0.15) is 0 Å². The molecule has 0 saturated carbocycles. The summed E-state index contributed by atoms with van der Waals surface area (Å²) in [6, 6.07) is 6.90. The van der Waals surface area contributed by atoms with Crippen molar-refractivity contribution in [1.29, 1.82) is 0 Å². The molecule has 1 aliphatic rings. The van der Waals surface area contributed by atoms with Crippen LogP contribution in [0.15, 0.2) is 49.6 Å². The van der Waals surface area contributed by atoms with Crippen LogP contribution in [0.5, 0.6) is 11.5 Å². The maximum absolute atomic E-state index is 5.96. The third kappa shape index (κ3) is 5.46. The van der Waals surface area contributed by atoms with Gasteiger partial charge in [0, 0.05) is 21.2 Å². The average molecular weight is 430 g/mol. The Morgan fingerprint density at radius 1 is 1.00 bits per heavy atom. The van der Waals surface area contributed by atoms with Gasteiger partial charge in [0.05, 0.1) is 10.0 Å². The second-order valence-corrected chi connectivity index (χ2v) is 6.82. The summed E-state index contributed by atoms with van der Waals surface area (Å²) in [5.41, 5.74) is 1.73. The van der Waals surface area contributed by atoms with Gasteiger partial charge in [-0.15, -0.1) is 0 Å². The molecule has 0 bridgehead atoms. The second-order valence-electron chi connectivity index (χ2n) is 5.13. The fourth-order valence-corrected chi connectivity index (χ4v) is 3.32. The summed E-state index contributed by atoms with van der Waals surface area (Å²) >= 11 is 23.5. The Morgan fingerprint density at radius 3 is 2.38 bits per heavy atom. The fraction of sp³-hybridized carbons (Fsp3) is 0.100. The van der Waals surface area contributed by atoms with Gasteiger partial charge < -0.3 is 9.47 Å². The molecule has 136 valence electrons. The summed E-state index contributed by atoms with van der Waals surface area (Å²) in [6.07, 6.45) is 7.18. The van der Waals surface area contributed by atoms with Crippen molar-refractivity contribution in [3.63, 3.8) is 0 Å². The predicted molar refractivity (Wildman–Crippen MR) is 113 cm³/mol. The van der Waals surface area contributed by atoms with E-state index in [0.29, 0.717) is 39.1 Å². The molecule has 1 heterocycles. The molecule has 2 nitrogen and oxygen atoms in total. The SMILES string of the molecule is C=CCOc1c(Cl)cc(Cl)cc1C=C.Clc1cc(Cl)c2c(c1)C=CCO2. The van der Waals surface area contributed by atoms with Crippen LogP contribution in [-0.4, -0.2) is 13.2 Å². The van der Waals surface area contributed by atoms with E-state index < -0.39 is 0 Å². The lowest BCUT2D eigenvalue weighted by Gasteiger charge is -2.13. The summed E-state index contributed by atoms with van der Waals surface area (Å²) in [7, 11) is 0. The van der Waals surface area contributed by atoms with Crippen LogP contribution in [-0.2, 0) is 0 Å². The summed E-state index contributed by atoms with van der Waals surface area (Å²) in [6.45, 7) is 8.20. The van der Waals surface area contributed by atoms with Gasteiger partial charge in [-0.25, -0.2) is 0 Å². The number of hydrogen-bond donors (Lipinski definition) is 0. The minimum Gasteiger partial charge on any atom is -0.487 e. The van der Waals surface area contributed by atoms with Crippen LogP contribution in [0.1, 0.15) is 11.1 Å². The molecule has 6 heteroatoms. The van der Waals surface area contributed by atoms with Gasteiger partial charge in [-0.05, 0) is 30.3 Å². The van der Waals surface area contributed by atoms with Gasteiger partial charge >= 0.3 is 0 Å². The molecule has 0 unspecified atom stereocenters. The van der Waals surface area contributed by atoms with Gasteiger partial charge in [0.25, 0.3) is 0 Å². The largest absolute Gasteiger partial charge is 0.487 e. The first kappa shape index (κ1) is 20.7. The third-order valence-corrected chi connectivity index (χ3v) is 4.26. The molecule has 0 aromatic heterocycles. The van der Waals surface area contributed by atoms with Crippen molar-refractivity contribution in [2.45, 2.75) is 0 Å². The molecule has 0 saturated heterocycles. The van der Waals surface area contributed by atoms with Crippen LogP contribution in [0, 0.1) is 0 Å². The normalized spacial score (nSPS) is 11.5. The van der Waals surface area contributed by atoms with E-state index in [1.807, 2.05) is 18.2 Å². The summed E-state index contributed by atoms with van der Waals surface area (Å²) in [5.74, 6) is 1.31. The molecule has 26 heavy (non-hydrogen) atoms. The van der Waals surface area contributed by atoms with E-state index in [1.54, 1.807) is 30.4 Å². The Kier molecular flexibility index (Phi) is 7.92. The molecule has 1 aliphatic heterocycles. The topological polar surface area (TPSA) is 18.5 Å². The van der Waals surface area contributed by atoms with E-state index >= 15 is 0 Å². The average Bonchev–Trinajstić information content (AvgIpc) is 2.61. The Hall–Kier alpha value is -1.58. The Balaban J connectivity index is 0.000000189. The quantitative estimate of drug-likeness (QED) is 0.465. The van der Waals surface area contributed by atoms with Crippen LogP contribution >= 0.6 is 46.4 Å². The van der Waals surface area contributed by atoms with E-state index in [1.165, 1.54) is 0 Å². The first-order valence-electron chi connectivity index (χ1n) is 7.59.